The van der Waals surface area contributed by atoms with Crippen molar-refractivity contribution < 1.29 is 14.4 Å². The van der Waals surface area contributed by atoms with Crippen LogP contribution in [-0.2, 0) is 6.54 Å². The molecule has 0 unspecified atom stereocenters. The SMILES string of the molecule is Cc1cc(CNc2nc(C(=O)O)ccc2N)on1. The van der Waals surface area contributed by atoms with Crippen molar-refractivity contribution in [1.29, 1.82) is 0 Å². The van der Waals surface area contributed by atoms with Gasteiger partial charge in [0.05, 0.1) is 17.9 Å². The van der Waals surface area contributed by atoms with Gasteiger partial charge in [-0.15, -0.1) is 0 Å². The van der Waals surface area contributed by atoms with E-state index in [9.17, 15) is 4.79 Å². The van der Waals surface area contributed by atoms with Gasteiger partial charge in [0.2, 0.25) is 0 Å². The first-order chi connectivity index (χ1) is 8.56. The highest BCUT2D eigenvalue weighted by atomic mass is 16.5. The number of hydrogen-bond donors (Lipinski definition) is 3. The largest absolute Gasteiger partial charge is 0.477 e. The second-order valence-electron chi connectivity index (χ2n) is 3.73. The number of carboxylic acids is 1. The van der Waals surface area contributed by atoms with Gasteiger partial charge in [-0.05, 0) is 19.1 Å². The fraction of sp³-hybridized carbons (Fsp3) is 0.182. The van der Waals surface area contributed by atoms with Crippen molar-refractivity contribution in [3.8, 4) is 0 Å². The zero-order valence-electron chi connectivity index (χ0n) is 9.67. The molecule has 7 nitrogen and oxygen atoms in total. The predicted molar refractivity (Wildman–Crippen MR) is 64.2 cm³/mol. The van der Waals surface area contributed by atoms with E-state index < -0.39 is 5.97 Å². The van der Waals surface area contributed by atoms with E-state index >= 15 is 0 Å². The molecule has 0 saturated carbocycles. The smallest absolute Gasteiger partial charge is 0.354 e. The van der Waals surface area contributed by atoms with Gasteiger partial charge in [-0.3, -0.25) is 0 Å². The van der Waals surface area contributed by atoms with Crippen molar-refractivity contribution in [1.82, 2.24) is 10.1 Å². The maximum atomic E-state index is 10.8. The summed E-state index contributed by atoms with van der Waals surface area (Å²) in [6.07, 6.45) is 0. The predicted octanol–water partition coefficient (Wildman–Crippen LogP) is 1.27. The van der Waals surface area contributed by atoms with Gasteiger partial charge in [0.25, 0.3) is 0 Å². The number of rotatable bonds is 4. The van der Waals surface area contributed by atoms with E-state index in [1.165, 1.54) is 12.1 Å². The number of aryl methyl sites for hydroxylation is 1. The number of anilines is 2. The van der Waals surface area contributed by atoms with Gasteiger partial charge in [-0.25, -0.2) is 9.78 Å². The average molecular weight is 248 g/mol. The van der Waals surface area contributed by atoms with E-state index in [0.29, 0.717) is 23.8 Å². The van der Waals surface area contributed by atoms with Crippen molar-refractivity contribution in [3.63, 3.8) is 0 Å². The van der Waals surface area contributed by atoms with Crippen LogP contribution < -0.4 is 11.1 Å². The third kappa shape index (κ3) is 2.57. The highest BCUT2D eigenvalue weighted by molar-refractivity contribution is 5.86. The van der Waals surface area contributed by atoms with E-state index in [2.05, 4.69) is 15.5 Å². The summed E-state index contributed by atoms with van der Waals surface area (Å²) in [5.74, 6) is -0.174. The number of nitrogens with one attached hydrogen (secondary N) is 1. The minimum atomic E-state index is -1.10. The molecule has 0 amide bonds. The Morgan fingerprint density at radius 1 is 1.56 bits per heavy atom. The summed E-state index contributed by atoms with van der Waals surface area (Å²) in [5, 5.41) is 15.5. The molecule has 0 aliphatic carbocycles. The van der Waals surface area contributed by atoms with Gasteiger partial charge < -0.3 is 20.7 Å². The molecule has 94 valence electrons. The van der Waals surface area contributed by atoms with Crippen LogP contribution in [0.25, 0.3) is 0 Å². The minimum Gasteiger partial charge on any atom is -0.477 e. The van der Waals surface area contributed by atoms with Gasteiger partial charge in [0.1, 0.15) is 0 Å². The van der Waals surface area contributed by atoms with E-state index in [1.807, 2.05) is 6.92 Å². The summed E-state index contributed by atoms with van der Waals surface area (Å²) in [5.41, 5.74) is 6.77. The lowest BCUT2D eigenvalue weighted by atomic mass is 10.3. The third-order valence-corrected chi connectivity index (χ3v) is 2.25. The molecule has 0 bridgehead atoms. The quantitative estimate of drug-likeness (QED) is 0.746. The van der Waals surface area contributed by atoms with E-state index in [1.54, 1.807) is 6.07 Å². The lowest BCUT2D eigenvalue weighted by Crippen LogP contribution is -2.08. The second-order valence-corrected chi connectivity index (χ2v) is 3.73. The minimum absolute atomic E-state index is 0.0690. The van der Waals surface area contributed by atoms with Crippen LogP contribution in [-0.4, -0.2) is 21.2 Å². The van der Waals surface area contributed by atoms with Gasteiger partial charge in [0, 0.05) is 6.07 Å². The molecule has 2 rings (SSSR count). The van der Waals surface area contributed by atoms with Crippen molar-refractivity contribution in [2.24, 2.45) is 0 Å². The van der Waals surface area contributed by atoms with Crippen molar-refractivity contribution in [2.45, 2.75) is 13.5 Å². The van der Waals surface area contributed by atoms with Crippen LogP contribution >= 0.6 is 0 Å². The third-order valence-electron chi connectivity index (χ3n) is 2.25. The number of nitrogens with zero attached hydrogens (tertiary/aromatic N) is 2. The standard InChI is InChI=1S/C11H12N4O3/c1-6-4-7(18-15-6)5-13-10-8(12)2-3-9(14-10)11(16)17/h2-4H,5,12H2,1H3,(H,13,14)(H,16,17). The molecule has 2 heterocycles. The number of pyridine rings is 1. The Balaban J connectivity index is 2.13. The zero-order valence-corrected chi connectivity index (χ0v) is 9.67. The fourth-order valence-corrected chi connectivity index (χ4v) is 1.40. The first kappa shape index (κ1) is 11.9. The Kier molecular flexibility index (Phi) is 3.13. The van der Waals surface area contributed by atoms with Crippen LogP contribution in [0, 0.1) is 6.92 Å². The van der Waals surface area contributed by atoms with Crippen LogP contribution in [0.2, 0.25) is 0 Å². The van der Waals surface area contributed by atoms with Gasteiger partial charge >= 0.3 is 5.97 Å². The molecule has 0 aliphatic rings. The topological polar surface area (TPSA) is 114 Å². The van der Waals surface area contributed by atoms with E-state index in [4.69, 9.17) is 15.4 Å². The van der Waals surface area contributed by atoms with Crippen molar-refractivity contribution in [2.75, 3.05) is 11.1 Å². The fourth-order valence-electron chi connectivity index (χ4n) is 1.40. The molecule has 2 aromatic heterocycles. The van der Waals surface area contributed by atoms with Crippen LogP contribution in [0.15, 0.2) is 22.7 Å². The van der Waals surface area contributed by atoms with Crippen LogP contribution in [0.3, 0.4) is 0 Å². The molecule has 18 heavy (non-hydrogen) atoms. The summed E-state index contributed by atoms with van der Waals surface area (Å²) < 4.78 is 5.01. The van der Waals surface area contributed by atoms with Gasteiger partial charge in [-0.1, -0.05) is 5.16 Å². The summed E-state index contributed by atoms with van der Waals surface area (Å²) >= 11 is 0. The Bertz CT molecular complexity index is 579. The lowest BCUT2D eigenvalue weighted by molar-refractivity contribution is 0.0690. The van der Waals surface area contributed by atoms with Crippen LogP contribution in [0.4, 0.5) is 11.5 Å². The first-order valence-corrected chi connectivity index (χ1v) is 5.22. The van der Waals surface area contributed by atoms with E-state index in [-0.39, 0.29) is 5.69 Å². The number of carbonyl (C=O) groups is 1. The first-order valence-electron chi connectivity index (χ1n) is 5.22. The summed E-state index contributed by atoms with van der Waals surface area (Å²) in [7, 11) is 0. The summed E-state index contributed by atoms with van der Waals surface area (Å²) in [6, 6.07) is 4.61. The Hall–Kier alpha value is -2.57. The van der Waals surface area contributed by atoms with Crippen molar-refractivity contribution >= 4 is 17.5 Å². The molecule has 0 aliphatic heterocycles. The molecule has 0 saturated heterocycles. The normalized spacial score (nSPS) is 10.3. The van der Waals surface area contributed by atoms with Crippen LogP contribution in [0.5, 0.6) is 0 Å². The average Bonchev–Trinajstić information content (AvgIpc) is 2.74. The van der Waals surface area contributed by atoms with Gasteiger partial charge in [0.15, 0.2) is 17.3 Å². The Morgan fingerprint density at radius 2 is 2.33 bits per heavy atom. The highest BCUT2D eigenvalue weighted by Crippen LogP contribution is 2.17. The lowest BCUT2D eigenvalue weighted by Gasteiger charge is -2.07. The molecular weight excluding hydrogens is 236 g/mol. The Morgan fingerprint density at radius 3 is 2.94 bits per heavy atom. The number of aromatic carboxylic acids is 1. The van der Waals surface area contributed by atoms with Crippen molar-refractivity contribution in [3.05, 3.63) is 35.3 Å². The maximum absolute atomic E-state index is 10.8. The molecule has 4 N–H and O–H groups in total. The molecule has 2 aromatic rings. The molecule has 0 atom stereocenters. The monoisotopic (exact) mass is 248 g/mol. The molecule has 7 heteroatoms. The summed E-state index contributed by atoms with van der Waals surface area (Å²) in [4.78, 5) is 14.7. The molecule has 0 aromatic carbocycles. The maximum Gasteiger partial charge on any atom is 0.354 e. The Labute approximate surface area is 103 Å². The highest BCUT2D eigenvalue weighted by Gasteiger charge is 2.09. The molecule has 0 radical (unpaired) electrons. The number of carboxylic acid groups (broad SMARTS) is 1. The second kappa shape index (κ2) is 4.74. The van der Waals surface area contributed by atoms with Gasteiger partial charge in [-0.2, -0.15) is 0 Å². The zero-order chi connectivity index (χ0) is 13.1. The summed E-state index contributed by atoms with van der Waals surface area (Å²) in [6.45, 7) is 2.14. The van der Waals surface area contributed by atoms with E-state index in [0.717, 1.165) is 5.69 Å². The number of nitrogens with two attached hydrogens (primary N) is 1. The number of aromatic nitrogens is 2. The molecule has 0 fully saturated rings. The number of nitrogen functional groups attached to an aromatic ring is 1. The number of hydrogen-bond acceptors (Lipinski definition) is 6. The van der Waals surface area contributed by atoms with Crippen LogP contribution in [0.1, 0.15) is 21.9 Å². The molecular formula is C11H12N4O3. The molecule has 0 spiro atoms.